The summed E-state index contributed by atoms with van der Waals surface area (Å²) in [5.41, 5.74) is 2.87. The minimum absolute atomic E-state index is 0.167. The summed E-state index contributed by atoms with van der Waals surface area (Å²) >= 11 is 1.30. The molecule has 1 aliphatic heterocycles. The zero-order chi connectivity index (χ0) is 19.9. The van der Waals surface area contributed by atoms with Crippen molar-refractivity contribution in [2.45, 2.75) is 19.4 Å². The van der Waals surface area contributed by atoms with Crippen LogP contribution < -0.4 is 9.62 Å². The van der Waals surface area contributed by atoms with Crippen LogP contribution in [0.4, 0.5) is 10.8 Å². The Hall–Kier alpha value is -2.78. The Morgan fingerprint density at radius 3 is 2.64 bits per heavy atom. The van der Waals surface area contributed by atoms with Gasteiger partial charge in [-0.1, -0.05) is 41.7 Å². The van der Waals surface area contributed by atoms with Gasteiger partial charge in [-0.2, -0.15) is 0 Å². The van der Waals surface area contributed by atoms with Crippen molar-refractivity contribution in [1.29, 1.82) is 0 Å². The first-order valence-corrected chi connectivity index (χ1v) is 11.3. The quantitative estimate of drug-likeness (QED) is 0.708. The smallest absolute Gasteiger partial charge is 0.257 e. The second-order valence-electron chi connectivity index (χ2n) is 6.69. The van der Waals surface area contributed by atoms with Gasteiger partial charge >= 0.3 is 0 Å². The third-order valence-electron chi connectivity index (χ3n) is 4.52. The summed E-state index contributed by atoms with van der Waals surface area (Å²) in [6.07, 6.45) is 1.76. The van der Waals surface area contributed by atoms with E-state index in [-0.39, 0.29) is 11.9 Å². The summed E-state index contributed by atoms with van der Waals surface area (Å²) in [4.78, 5) is 12.6. The Bertz CT molecular complexity index is 1140. The molecule has 1 unspecified atom stereocenters. The number of nitrogens with zero attached hydrogens (tertiary/aromatic N) is 3. The van der Waals surface area contributed by atoms with Crippen molar-refractivity contribution < 1.29 is 13.2 Å². The van der Waals surface area contributed by atoms with Gasteiger partial charge in [0.15, 0.2) is 0 Å². The molecule has 0 aliphatic carbocycles. The summed E-state index contributed by atoms with van der Waals surface area (Å²) in [6, 6.07) is 14.5. The van der Waals surface area contributed by atoms with Crippen LogP contribution >= 0.6 is 11.3 Å². The van der Waals surface area contributed by atoms with Gasteiger partial charge in [-0.25, -0.2) is 8.42 Å². The molecule has 28 heavy (non-hydrogen) atoms. The van der Waals surface area contributed by atoms with Gasteiger partial charge in [0.05, 0.1) is 11.9 Å². The molecule has 4 rings (SSSR count). The van der Waals surface area contributed by atoms with Gasteiger partial charge in [0.2, 0.25) is 15.2 Å². The molecule has 1 aromatic heterocycles. The first-order chi connectivity index (χ1) is 13.3. The monoisotopic (exact) mass is 414 g/mol. The highest BCUT2D eigenvalue weighted by atomic mass is 32.2. The number of fused-ring (bicyclic) bond motifs is 1. The highest BCUT2D eigenvalue weighted by molar-refractivity contribution is 7.92. The van der Waals surface area contributed by atoms with Crippen LogP contribution in [0.25, 0.3) is 10.6 Å². The lowest BCUT2D eigenvalue weighted by atomic mass is 10.1. The molecular weight excluding hydrogens is 396 g/mol. The first-order valence-electron chi connectivity index (χ1n) is 8.65. The number of benzene rings is 2. The lowest BCUT2D eigenvalue weighted by Gasteiger charge is -2.21. The van der Waals surface area contributed by atoms with E-state index in [1.807, 2.05) is 37.3 Å². The lowest BCUT2D eigenvalue weighted by Crippen LogP contribution is -2.34. The third-order valence-corrected chi connectivity index (χ3v) is 6.68. The number of aromatic nitrogens is 2. The van der Waals surface area contributed by atoms with Crippen molar-refractivity contribution in [3.8, 4) is 10.6 Å². The van der Waals surface area contributed by atoms with Crippen molar-refractivity contribution in [3.63, 3.8) is 0 Å². The van der Waals surface area contributed by atoms with E-state index in [9.17, 15) is 13.2 Å². The fraction of sp³-hybridized carbons (Fsp3) is 0.211. The molecule has 0 bridgehead atoms. The highest BCUT2D eigenvalue weighted by Gasteiger charge is 2.32. The number of amides is 1. The molecule has 144 valence electrons. The highest BCUT2D eigenvalue weighted by Crippen LogP contribution is 2.35. The molecule has 1 N–H and O–H groups in total. The molecule has 1 amide bonds. The SMILES string of the molecule is CC1Cc2cc(C(=O)Nc3nnc(-c4ccccc4)s3)ccc2N1S(C)(=O)=O. The molecule has 2 aromatic carbocycles. The van der Waals surface area contributed by atoms with Gasteiger partial charge in [-0.3, -0.25) is 14.4 Å². The van der Waals surface area contributed by atoms with E-state index < -0.39 is 10.0 Å². The topological polar surface area (TPSA) is 92.3 Å². The molecule has 0 saturated heterocycles. The predicted molar refractivity (Wildman–Crippen MR) is 110 cm³/mol. The molecule has 1 aliphatic rings. The molecule has 9 heteroatoms. The van der Waals surface area contributed by atoms with Crippen LogP contribution in [0.3, 0.4) is 0 Å². The number of sulfonamides is 1. The first kappa shape index (κ1) is 18.6. The minimum atomic E-state index is -3.35. The minimum Gasteiger partial charge on any atom is -0.296 e. The van der Waals surface area contributed by atoms with E-state index >= 15 is 0 Å². The van der Waals surface area contributed by atoms with E-state index in [1.54, 1.807) is 18.2 Å². The van der Waals surface area contributed by atoms with Crippen LogP contribution in [0.2, 0.25) is 0 Å². The van der Waals surface area contributed by atoms with Crippen LogP contribution in [-0.4, -0.2) is 36.8 Å². The van der Waals surface area contributed by atoms with Crippen molar-refractivity contribution in [1.82, 2.24) is 10.2 Å². The molecule has 0 radical (unpaired) electrons. The Balaban J connectivity index is 1.54. The van der Waals surface area contributed by atoms with Gasteiger partial charge in [-0.05, 0) is 37.1 Å². The standard InChI is InChI=1S/C19H18N4O3S2/c1-12-10-15-11-14(8-9-16(15)23(12)28(2,25)26)17(24)20-19-22-21-18(27-19)13-6-4-3-5-7-13/h3-9,11-12H,10H2,1-2H3,(H,20,22,24). The lowest BCUT2D eigenvalue weighted by molar-refractivity contribution is 0.102. The number of nitrogens with one attached hydrogen (secondary N) is 1. The Morgan fingerprint density at radius 2 is 1.93 bits per heavy atom. The van der Waals surface area contributed by atoms with E-state index in [4.69, 9.17) is 0 Å². The number of hydrogen-bond donors (Lipinski definition) is 1. The number of carbonyl (C=O) groups excluding carboxylic acids is 1. The zero-order valence-corrected chi connectivity index (χ0v) is 16.9. The molecule has 0 saturated carbocycles. The van der Waals surface area contributed by atoms with E-state index in [0.717, 1.165) is 16.1 Å². The number of carbonyl (C=O) groups is 1. The molecule has 1 atom stereocenters. The molecule has 0 spiro atoms. The largest absolute Gasteiger partial charge is 0.296 e. The molecular formula is C19H18N4O3S2. The average molecular weight is 415 g/mol. The van der Waals surface area contributed by atoms with E-state index in [0.29, 0.717) is 22.8 Å². The van der Waals surface area contributed by atoms with Crippen molar-refractivity contribution >= 4 is 38.1 Å². The summed E-state index contributed by atoms with van der Waals surface area (Å²) < 4.78 is 25.4. The maximum absolute atomic E-state index is 12.6. The second-order valence-corrected chi connectivity index (χ2v) is 9.52. The molecule has 7 nitrogen and oxygen atoms in total. The van der Waals surface area contributed by atoms with E-state index in [1.165, 1.54) is 21.9 Å². The van der Waals surface area contributed by atoms with Crippen LogP contribution in [0.15, 0.2) is 48.5 Å². The Labute approximate surface area is 167 Å². The summed E-state index contributed by atoms with van der Waals surface area (Å²) in [5, 5.41) is 12.1. The third kappa shape index (κ3) is 3.50. The molecule has 3 aromatic rings. The van der Waals surface area contributed by atoms with Crippen LogP contribution in [-0.2, 0) is 16.4 Å². The normalized spacial score (nSPS) is 16.1. The van der Waals surface area contributed by atoms with Gasteiger partial charge in [0.1, 0.15) is 5.01 Å². The number of hydrogen-bond acceptors (Lipinski definition) is 6. The maximum atomic E-state index is 12.6. The van der Waals surface area contributed by atoms with Crippen LogP contribution in [0, 0.1) is 0 Å². The zero-order valence-electron chi connectivity index (χ0n) is 15.3. The summed E-state index contributed by atoms with van der Waals surface area (Å²) in [6.45, 7) is 1.85. The van der Waals surface area contributed by atoms with Gasteiger partial charge in [0.25, 0.3) is 5.91 Å². The Kier molecular flexibility index (Phi) is 4.64. The summed E-state index contributed by atoms with van der Waals surface area (Å²) in [5.74, 6) is -0.302. The fourth-order valence-corrected chi connectivity index (χ4v) is 5.40. The second kappa shape index (κ2) is 6.99. The number of anilines is 2. The maximum Gasteiger partial charge on any atom is 0.257 e. The van der Waals surface area contributed by atoms with E-state index in [2.05, 4.69) is 15.5 Å². The van der Waals surface area contributed by atoms with Gasteiger partial charge in [0, 0.05) is 17.2 Å². The number of rotatable bonds is 4. The molecule has 0 fully saturated rings. The van der Waals surface area contributed by atoms with Crippen molar-refractivity contribution in [2.75, 3.05) is 15.9 Å². The fourth-order valence-electron chi connectivity index (χ4n) is 3.39. The van der Waals surface area contributed by atoms with Crippen LogP contribution in [0.5, 0.6) is 0 Å². The van der Waals surface area contributed by atoms with Gasteiger partial charge < -0.3 is 0 Å². The van der Waals surface area contributed by atoms with Crippen LogP contribution in [0.1, 0.15) is 22.8 Å². The van der Waals surface area contributed by atoms with Crippen molar-refractivity contribution in [3.05, 3.63) is 59.7 Å². The predicted octanol–water partition coefficient (Wildman–Crippen LogP) is 3.17. The summed E-state index contributed by atoms with van der Waals surface area (Å²) in [7, 11) is -3.35. The Morgan fingerprint density at radius 1 is 1.18 bits per heavy atom. The van der Waals surface area contributed by atoms with Gasteiger partial charge in [-0.15, -0.1) is 10.2 Å². The molecule has 2 heterocycles. The van der Waals surface area contributed by atoms with Crippen molar-refractivity contribution in [2.24, 2.45) is 0 Å². The average Bonchev–Trinajstić information content (AvgIpc) is 3.24.